The lowest BCUT2D eigenvalue weighted by molar-refractivity contribution is 0.112. The number of benzene rings is 2. The van der Waals surface area contributed by atoms with Gasteiger partial charge < -0.3 is 15.8 Å². The maximum absolute atomic E-state index is 11.2. The van der Waals surface area contributed by atoms with Gasteiger partial charge in [0.05, 0.1) is 9.13 Å². The predicted octanol–water partition coefficient (Wildman–Crippen LogP) is 3.80. The van der Waals surface area contributed by atoms with Crippen LogP contribution in [0.1, 0.15) is 15.9 Å². The van der Waals surface area contributed by atoms with Crippen LogP contribution >= 0.6 is 22.6 Å². The van der Waals surface area contributed by atoms with E-state index < -0.39 is 0 Å². The number of nitrogens with two attached hydrogens (primary N) is 1. The van der Waals surface area contributed by atoms with Gasteiger partial charge >= 0.3 is 0 Å². The fraction of sp³-hybridized carbons (Fsp3) is 0.0556. The summed E-state index contributed by atoms with van der Waals surface area (Å²) in [6.07, 6.45) is 1.95. The van der Waals surface area contributed by atoms with Gasteiger partial charge in [0.25, 0.3) is 0 Å². The van der Waals surface area contributed by atoms with E-state index in [9.17, 15) is 4.79 Å². The van der Waals surface area contributed by atoms with Crippen molar-refractivity contribution in [3.63, 3.8) is 0 Å². The molecule has 0 fully saturated rings. The molecule has 0 aliphatic heterocycles. The summed E-state index contributed by atoms with van der Waals surface area (Å²) in [5.41, 5.74) is 7.81. The fourth-order valence-corrected chi connectivity index (χ4v) is 2.86. The second kappa shape index (κ2) is 7.93. The van der Waals surface area contributed by atoms with Crippen molar-refractivity contribution in [3.8, 4) is 5.75 Å². The predicted molar refractivity (Wildman–Crippen MR) is 105 cm³/mol. The highest BCUT2D eigenvalue weighted by Gasteiger charge is 2.10. The summed E-state index contributed by atoms with van der Waals surface area (Å²) in [4.78, 5) is 19.0. The van der Waals surface area contributed by atoms with Crippen molar-refractivity contribution in [2.24, 2.45) is 0 Å². The zero-order valence-electron chi connectivity index (χ0n) is 13.1. The van der Waals surface area contributed by atoms with Crippen LogP contribution in [-0.4, -0.2) is 16.3 Å². The van der Waals surface area contributed by atoms with Gasteiger partial charge in [-0.1, -0.05) is 30.3 Å². The Morgan fingerprint density at radius 2 is 1.96 bits per heavy atom. The summed E-state index contributed by atoms with van der Waals surface area (Å²) in [6.45, 7) is 0.501. The van der Waals surface area contributed by atoms with Gasteiger partial charge in [-0.05, 0) is 46.4 Å². The molecule has 3 rings (SSSR count). The highest BCUT2D eigenvalue weighted by atomic mass is 127. The second-order valence-electron chi connectivity index (χ2n) is 5.18. The van der Waals surface area contributed by atoms with Gasteiger partial charge in [0.15, 0.2) is 6.29 Å². The molecule has 0 saturated carbocycles. The van der Waals surface area contributed by atoms with Crippen molar-refractivity contribution < 1.29 is 9.53 Å². The molecule has 1 heterocycles. The molecule has 6 nitrogen and oxygen atoms in total. The number of nitrogens with one attached hydrogen (secondary N) is 1. The number of halogens is 1. The molecule has 0 radical (unpaired) electrons. The van der Waals surface area contributed by atoms with E-state index in [0.717, 1.165) is 20.6 Å². The van der Waals surface area contributed by atoms with E-state index in [1.807, 2.05) is 48.5 Å². The van der Waals surface area contributed by atoms with E-state index in [-0.39, 0.29) is 11.4 Å². The lowest BCUT2D eigenvalue weighted by Gasteiger charge is -2.12. The Labute approximate surface area is 158 Å². The van der Waals surface area contributed by atoms with E-state index in [2.05, 4.69) is 37.9 Å². The first-order valence-electron chi connectivity index (χ1n) is 7.46. The van der Waals surface area contributed by atoms with Gasteiger partial charge in [-0.25, -0.2) is 9.97 Å². The Kier molecular flexibility index (Phi) is 5.44. The van der Waals surface area contributed by atoms with Crippen LogP contribution in [0.5, 0.6) is 5.75 Å². The summed E-state index contributed by atoms with van der Waals surface area (Å²) < 4.78 is 6.79. The number of ether oxygens (including phenoxy) is 1. The molecule has 3 aromatic rings. The van der Waals surface area contributed by atoms with Gasteiger partial charge in [0.1, 0.15) is 30.3 Å². The zero-order valence-corrected chi connectivity index (χ0v) is 15.3. The topological polar surface area (TPSA) is 90.1 Å². The Morgan fingerprint density at radius 3 is 2.68 bits per heavy atom. The van der Waals surface area contributed by atoms with E-state index in [4.69, 9.17) is 10.5 Å². The lowest BCUT2D eigenvalue weighted by atomic mass is 10.2. The standard InChI is InChI=1S/C18H15IN4O2/c19-15-8-13(23-18-14(9-24)17(20)21-11-22-18)6-7-16(15)25-10-12-4-2-1-3-5-12/h1-9,11H,10H2,(H3,20,21,22,23). The Balaban J connectivity index is 1.74. The number of aromatic nitrogens is 2. The highest BCUT2D eigenvalue weighted by Crippen LogP contribution is 2.28. The molecule has 7 heteroatoms. The number of rotatable bonds is 6. The van der Waals surface area contributed by atoms with Crippen LogP contribution in [0.4, 0.5) is 17.3 Å². The third kappa shape index (κ3) is 4.24. The van der Waals surface area contributed by atoms with Crippen molar-refractivity contribution in [2.45, 2.75) is 6.61 Å². The minimum atomic E-state index is 0.144. The number of hydrogen-bond acceptors (Lipinski definition) is 6. The molecule has 0 bridgehead atoms. The van der Waals surface area contributed by atoms with Crippen LogP contribution in [-0.2, 0) is 6.61 Å². The van der Waals surface area contributed by atoms with E-state index in [1.54, 1.807) is 0 Å². The van der Waals surface area contributed by atoms with E-state index >= 15 is 0 Å². The molecule has 0 aliphatic carbocycles. The maximum Gasteiger partial charge on any atom is 0.157 e. The lowest BCUT2D eigenvalue weighted by Crippen LogP contribution is -2.04. The third-order valence-corrected chi connectivity index (χ3v) is 4.31. The van der Waals surface area contributed by atoms with E-state index in [1.165, 1.54) is 6.33 Å². The van der Waals surface area contributed by atoms with Crippen LogP contribution in [0.25, 0.3) is 0 Å². The van der Waals surface area contributed by atoms with Gasteiger partial charge in [-0.3, -0.25) is 4.79 Å². The summed E-state index contributed by atoms with van der Waals surface area (Å²) >= 11 is 2.20. The van der Waals surface area contributed by atoms with Gasteiger partial charge in [-0.2, -0.15) is 0 Å². The van der Waals surface area contributed by atoms with Crippen molar-refractivity contribution >= 4 is 46.2 Å². The first-order valence-corrected chi connectivity index (χ1v) is 8.54. The van der Waals surface area contributed by atoms with Crippen LogP contribution in [0, 0.1) is 3.57 Å². The molecular formula is C18H15IN4O2. The maximum atomic E-state index is 11.2. The second-order valence-corrected chi connectivity index (χ2v) is 6.35. The molecular weight excluding hydrogens is 431 g/mol. The molecule has 3 N–H and O–H groups in total. The molecule has 0 aliphatic rings. The highest BCUT2D eigenvalue weighted by molar-refractivity contribution is 14.1. The molecule has 0 spiro atoms. The van der Waals surface area contributed by atoms with E-state index in [0.29, 0.717) is 18.7 Å². The molecule has 25 heavy (non-hydrogen) atoms. The largest absolute Gasteiger partial charge is 0.488 e. The van der Waals surface area contributed by atoms with Crippen molar-refractivity contribution in [3.05, 3.63) is 69.6 Å². The Morgan fingerprint density at radius 1 is 1.16 bits per heavy atom. The summed E-state index contributed by atoms with van der Waals surface area (Å²) in [6, 6.07) is 15.6. The smallest absolute Gasteiger partial charge is 0.157 e. The van der Waals surface area contributed by atoms with Crippen molar-refractivity contribution in [1.29, 1.82) is 0 Å². The average molecular weight is 446 g/mol. The molecule has 2 aromatic carbocycles. The Hall–Kier alpha value is -2.68. The zero-order chi connectivity index (χ0) is 17.6. The molecule has 0 unspecified atom stereocenters. The molecule has 0 amide bonds. The minimum Gasteiger partial charge on any atom is -0.488 e. The number of hydrogen-bond donors (Lipinski definition) is 2. The molecule has 1 aromatic heterocycles. The molecule has 0 saturated heterocycles. The number of carbonyl (C=O) groups is 1. The number of anilines is 3. The quantitative estimate of drug-likeness (QED) is 0.443. The van der Waals surface area contributed by atoms with Gasteiger partial charge in [0.2, 0.25) is 0 Å². The third-order valence-electron chi connectivity index (χ3n) is 3.46. The van der Waals surface area contributed by atoms with Crippen LogP contribution < -0.4 is 15.8 Å². The van der Waals surface area contributed by atoms with Gasteiger partial charge in [0, 0.05) is 5.69 Å². The van der Waals surface area contributed by atoms with Crippen molar-refractivity contribution in [1.82, 2.24) is 9.97 Å². The van der Waals surface area contributed by atoms with Crippen LogP contribution in [0.15, 0.2) is 54.9 Å². The molecule has 126 valence electrons. The number of nitrogen functional groups attached to an aromatic ring is 1. The van der Waals surface area contributed by atoms with Crippen LogP contribution in [0.3, 0.4) is 0 Å². The number of nitrogens with zero attached hydrogens (tertiary/aromatic N) is 2. The van der Waals surface area contributed by atoms with Gasteiger partial charge in [-0.15, -0.1) is 0 Å². The normalized spacial score (nSPS) is 10.3. The number of aldehydes is 1. The summed E-state index contributed by atoms with van der Waals surface area (Å²) in [5, 5.41) is 3.08. The first kappa shape index (κ1) is 17.2. The van der Waals surface area contributed by atoms with Crippen LogP contribution in [0.2, 0.25) is 0 Å². The summed E-state index contributed by atoms with van der Waals surface area (Å²) in [5.74, 6) is 1.30. The van der Waals surface area contributed by atoms with Crippen molar-refractivity contribution in [2.75, 3.05) is 11.1 Å². The monoisotopic (exact) mass is 446 g/mol. The number of carbonyl (C=O) groups excluding carboxylic acids is 1. The SMILES string of the molecule is Nc1ncnc(Nc2ccc(OCc3ccccc3)c(I)c2)c1C=O. The molecule has 0 atom stereocenters. The average Bonchev–Trinajstić information content (AvgIpc) is 2.62. The fourth-order valence-electron chi connectivity index (χ4n) is 2.19. The Bertz CT molecular complexity index is 887. The summed E-state index contributed by atoms with van der Waals surface area (Å²) in [7, 11) is 0. The first-order chi connectivity index (χ1) is 12.2. The minimum absolute atomic E-state index is 0.144.